The van der Waals surface area contributed by atoms with Crippen molar-refractivity contribution in [2.75, 3.05) is 19.6 Å². The molecule has 2 saturated heterocycles. The van der Waals surface area contributed by atoms with Crippen LogP contribution in [-0.4, -0.2) is 75.3 Å². The molecule has 20 heavy (non-hydrogen) atoms. The molecule has 0 aromatic rings. The molecule has 2 rings (SSSR count). The number of aliphatic hydroxyl groups excluding tert-OH is 2. The number of hydrogen-bond donors (Lipinski definition) is 3. The normalized spacial score (nSPS) is 31.2. The van der Waals surface area contributed by atoms with Gasteiger partial charge in [-0.25, -0.2) is 0 Å². The largest absolute Gasteiger partial charge is 0.392 e. The summed E-state index contributed by atoms with van der Waals surface area (Å²) in [4.78, 5) is 27.2. The second-order valence-electron chi connectivity index (χ2n) is 5.95. The van der Waals surface area contributed by atoms with Crippen LogP contribution < -0.4 is 5.73 Å². The predicted octanol–water partition coefficient (Wildman–Crippen LogP) is -1.72. The van der Waals surface area contributed by atoms with Crippen LogP contribution in [0.15, 0.2) is 0 Å². The van der Waals surface area contributed by atoms with Gasteiger partial charge in [0.05, 0.1) is 12.2 Å². The molecule has 2 aliphatic heterocycles. The summed E-state index contributed by atoms with van der Waals surface area (Å²) in [5, 5.41) is 19.2. The smallest absolute Gasteiger partial charge is 0.245 e. The summed E-state index contributed by atoms with van der Waals surface area (Å²) in [5.41, 5.74) is 4.65. The first kappa shape index (κ1) is 15.2. The van der Waals surface area contributed by atoms with Crippen LogP contribution >= 0.6 is 0 Å². The Morgan fingerprint density at radius 2 is 2.10 bits per heavy atom. The van der Waals surface area contributed by atoms with Crippen LogP contribution in [0.3, 0.4) is 0 Å². The summed E-state index contributed by atoms with van der Waals surface area (Å²) in [5.74, 6) is -0.858. The Kier molecular flexibility index (Phi) is 4.04. The van der Waals surface area contributed by atoms with Crippen molar-refractivity contribution in [2.45, 2.75) is 50.5 Å². The molecular formula is C13H23N3O4. The summed E-state index contributed by atoms with van der Waals surface area (Å²) < 4.78 is 0. The Balaban J connectivity index is 2.12. The molecule has 2 amide bonds. The van der Waals surface area contributed by atoms with E-state index in [1.165, 1.54) is 11.8 Å². The number of hydrogen-bond acceptors (Lipinski definition) is 5. The number of nitrogens with two attached hydrogens (primary N) is 1. The number of β-lactam (4-membered cyclic amide) rings is 1. The standard InChI is InChI=1S/C13H23N3O4/c1-8(17)6-15-5-3-4-13(15)7-16(12(13)20)10(9(2)18)11(14)19/h8-10,17-18H,3-7H2,1-2H3,(H2,14,19)/t8-,9+,10-,13+/m0/s1. The van der Waals surface area contributed by atoms with Crippen molar-refractivity contribution in [3.8, 4) is 0 Å². The summed E-state index contributed by atoms with van der Waals surface area (Å²) in [6, 6.07) is -0.970. The number of primary amides is 1. The van der Waals surface area contributed by atoms with Gasteiger partial charge in [-0.1, -0.05) is 0 Å². The van der Waals surface area contributed by atoms with Crippen LogP contribution in [0.4, 0.5) is 0 Å². The number of carbonyl (C=O) groups excluding carboxylic acids is 2. The molecular weight excluding hydrogens is 262 g/mol. The van der Waals surface area contributed by atoms with Crippen molar-refractivity contribution >= 4 is 11.8 Å². The first-order chi connectivity index (χ1) is 9.29. The van der Waals surface area contributed by atoms with Gasteiger partial charge in [0.25, 0.3) is 0 Å². The SMILES string of the molecule is C[C@H](O)CN1CCC[C@]12CN([C@H](C(N)=O)[C@@H](C)O)C2=O. The van der Waals surface area contributed by atoms with E-state index in [0.29, 0.717) is 13.1 Å². The molecule has 0 unspecified atom stereocenters. The van der Waals surface area contributed by atoms with E-state index in [1.54, 1.807) is 6.92 Å². The summed E-state index contributed by atoms with van der Waals surface area (Å²) in [7, 11) is 0. The van der Waals surface area contributed by atoms with E-state index in [0.717, 1.165) is 19.4 Å². The monoisotopic (exact) mass is 285 g/mol. The van der Waals surface area contributed by atoms with Gasteiger partial charge in [0.15, 0.2) is 0 Å². The number of likely N-dealkylation sites (tertiary alicyclic amines) is 2. The average molecular weight is 285 g/mol. The fourth-order valence-electron chi connectivity index (χ4n) is 3.41. The first-order valence-electron chi connectivity index (χ1n) is 7.01. The Morgan fingerprint density at radius 1 is 1.45 bits per heavy atom. The molecule has 1 spiro atoms. The maximum absolute atomic E-state index is 12.5. The van der Waals surface area contributed by atoms with Crippen LogP contribution in [0.2, 0.25) is 0 Å². The van der Waals surface area contributed by atoms with E-state index in [-0.39, 0.29) is 5.91 Å². The third kappa shape index (κ3) is 2.30. The molecule has 2 aliphatic rings. The van der Waals surface area contributed by atoms with E-state index in [1.807, 2.05) is 4.90 Å². The van der Waals surface area contributed by atoms with Gasteiger partial charge in [0.1, 0.15) is 11.6 Å². The van der Waals surface area contributed by atoms with Crippen LogP contribution in [0.1, 0.15) is 26.7 Å². The number of carbonyl (C=O) groups is 2. The molecule has 7 nitrogen and oxygen atoms in total. The van der Waals surface area contributed by atoms with Crippen molar-refractivity contribution in [1.29, 1.82) is 0 Å². The maximum atomic E-state index is 12.5. The number of nitrogens with zero attached hydrogens (tertiary/aromatic N) is 2. The highest BCUT2D eigenvalue weighted by molar-refractivity contribution is 5.97. The van der Waals surface area contributed by atoms with E-state index >= 15 is 0 Å². The van der Waals surface area contributed by atoms with Crippen molar-refractivity contribution in [3.05, 3.63) is 0 Å². The lowest BCUT2D eigenvalue weighted by Crippen LogP contribution is -2.76. The van der Waals surface area contributed by atoms with Crippen LogP contribution in [-0.2, 0) is 9.59 Å². The fourth-order valence-corrected chi connectivity index (χ4v) is 3.41. The zero-order chi connectivity index (χ0) is 15.1. The van der Waals surface area contributed by atoms with Crippen LogP contribution in [0.25, 0.3) is 0 Å². The lowest BCUT2D eigenvalue weighted by Gasteiger charge is -2.54. The highest BCUT2D eigenvalue weighted by atomic mass is 16.3. The fraction of sp³-hybridized carbons (Fsp3) is 0.846. The molecule has 0 aromatic carbocycles. The molecule has 0 aliphatic carbocycles. The van der Waals surface area contributed by atoms with Gasteiger partial charge in [-0.3, -0.25) is 14.5 Å². The Hall–Kier alpha value is -1.18. The zero-order valence-corrected chi connectivity index (χ0v) is 12.0. The van der Waals surface area contributed by atoms with Crippen molar-refractivity contribution in [1.82, 2.24) is 9.80 Å². The van der Waals surface area contributed by atoms with Crippen molar-refractivity contribution in [2.24, 2.45) is 5.73 Å². The minimum Gasteiger partial charge on any atom is -0.392 e. The maximum Gasteiger partial charge on any atom is 0.245 e. The zero-order valence-electron chi connectivity index (χ0n) is 12.0. The lowest BCUT2D eigenvalue weighted by molar-refractivity contribution is -0.173. The van der Waals surface area contributed by atoms with Gasteiger partial charge < -0.3 is 20.8 Å². The number of rotatable bonds is 5. The van der Waals surface area contributed by atoms with Gasteiger partial charge in [-0.05, 0) is 33.2 Å². The second kappa shape index (κ2) is 5.31. The van der Waals surface area contributed by atoms with E-state index in [4.69, 9.17) is 5.73 Å². The molecule has 7 heteroatoms. The molecule has 0 saturated carbocycles. The van der Waals surface area contributed by atoms with Crippen molar-refractivity contribution < 1.29 is 19.8 Å². The Bertz CT molecular complexity index is 412. The molecule has 0 radical (unpaired) electrons. The molecule has 2 fully saturated rings. The van der Waals surface area contributed by atoms with Gasteiger partial charge >= 0.3 is 0 Å². The van der Waals surface area contributed by atoms with Crippen LogP contribution in [0, 0.1) is 0 Å². The molecule has 2 heterocycles. The number of β-amino-alcohol motifs (C(OH)–C–C–N with tert-alkyl or cyclic N) is 1. The third-order valence-electron chi connectivity index (χ3n) is 4.28. The predicted molar refractivity (Wildman–Crippen MR) is 71.6 cm³/mol. The number of amides is 2. The minimum atomic E-state index is -0.986. The molecule has 4 N–H and O–H groups in total. The second-order valence-corrected chi connectivity index (χ2v) is 5.95. The van der Waals surface area contributed by atoms with E-state index < -0.39 is 29.7 Å². The third-order valence-corrected chi connectivity index (χ3v) is 4.28. The minimum absolute atomic E-state index is 0.166. The van der Waals surface area contributed by atoms with Gasteiger partial charge in [0, 0.05) is 13.1 Å². The van der Waals surface area contributed by atoms with Gasteiger partial charge in [-0.15, -0.1) is 0 Å². The van der Waals surface area contributed by atoms with Crippen molar-refractivity contribution in [3.63, 3.8) is 0 Å². The van der Waals surface area contributed by atoms with Gasteiger partial charge in [0.2, 0.25) is 11.8 Å². The van der Waals surface area contributed by atoms with E-state index in [9.17, 15) is 19.8 Å². The molecule has 114 valence electrons. The van der Waals surface area contributed by atoms with Gasteiger partial charge in [-0.2, -0.15) is 0 Å². The Morgan fingerprint density at radius 3 is 2.55 bits per heavy atom. The van der Waals surface area contributed by atoms with E-state index in [2.05, 4.69) is 0 Å². The van der Waals surface area contributed by atoms with Crippen LogP contribution in [0.5, 0.6) is 0 Å². The summed E-state index contributed by atoms with van der Waals surface area (Å²) in [6.07, 6.45) is 0.124. The highest BCUT2D eigenvalue weighted by Crippen LogP contribution is 2.40. The lowest BCUT2D eigenvalue weighted by atomic mass is 9.83. The quantitative estimate of drug-likeness (QED) is 0.521. The average Bonchev–Trinajstić information content (AvgIpc) is 2.72. The topological polar surface area (TPSA) is 107 Å². The summed E-state index contributed by atoms with van der Waals surface area (Å²) >= 11 is 0. The number of aliphatic hydroxyl groups is 2. The molecule has 4 atom stereocenters. The first-order valence-corrected chi connectivity index (χ1v) is 7.01. The summed E-state index contributed by atoms with van der Waals surface area (Å²) in [6.45, 7) is 4.73. The Labute approximate surface area is 118 Å². The molecule has 0 bridgehead atoms. The molecule has 0 aromatic heterocycles. The highest BCUT2D eigenvalue weighted by Gasteiger charge is 2.60.